The molecule has 2 aliphatic heterocycles. The summed E-state index contributed by atoms with van der Waals surface area (Å²) in [6, 6.07) is 15.2. The van der Waals surface area contributed by atoms with E-state index in [1.807, 2.05) is 6.07 Å². The van der Waals surface area contributed by atoms with E-state index < -0.39 is 0 Å². The van der Waals surface area contributed by atoms with Crippen LogP contribution in [0.5, 0.6) is 11.5 Å². The molecule has 0 aromatic heterocycles. The molecule has 0 saturated carbocycles. The topological polar surface area (TPSA) is 24.9 Å². The fourth-order valence-corrected chi connectivity index (χ4v) is 5.04. The Morgan fingerprint density at radius 3 is 2.48 bits per heavy atom. The minimum Gasteiger partial charge on any atom is -0.497 e. The molecule has 0 amide bonds. The number of fused-ring (bicyclic) bond motifs is 1. The molecule has 4 nitrogen and oxygen atoms in total. The summed E-state index contributed by atoms with van der Waals surface area (Å²) in [5, 5.41) is 0.667. The van der Waals surface area contributed by atoms with Gasteiger partial charge in [0.1, 0.15) is 11.5 Å². The zero-order valence-electron chi connectivity index (χ0n) is 16.2. The van der Waals surface area contributed by atoms with Gasteiger partial charge in [-0.1, -0.05) is 29.8 Å². The van der Waals surface area contributed by atoms with Crippen molar-refractivity contribution in [3.8, 4) is 11.5 Å². The molecular weight excluding hydrogens is 360 g/mol. The van der Waals surface area contributed by atoms with Crippen LogP contribution < -0.4 is 9.47 Å². The van der Waals surface area contributed by atoms with E-state index in [1.165, 1.54) is 11.1 Å². The highest BCUT2D eigenvalue weighted by Crippen LogP contribution is 2.44. The summed E-state index contributed by atoms with van der Waals surface area (Å²) in [4.78, 5) is 5.08. The summed E-state index contributed by atoms with van der Waals surface area (Å²) < 4.78 is 10.7. The van der Waals surface area contributed by atoms with Crippen LogP contribution >= 0.6 is 11.6 Å². The second-order valence-corrected chi connectivity index (χ2v) is 8.15. The molecule has 27 heavy (non-hydrogen) atoms. The van der Waals surface area contributed by atoms with Gasteiger partial charge >= 0.3 is 0 Å². The predicted octanol–water partition coefficient (Wildman–Crippen LogP) is 4.09. The largest absolute Gasteiger partial charge is 0.497 e. The van der Waals surface area contributed by atoms with Gasteiger partial charge in [0.05, 0.1) is 19.2 Å². The van der Waals surface area contributed by atoms with Crippen molar-refractivity contribution in [2.45, 2.75) is 12.6 Å². The van der Waals surface area contributed by atoms with Gasteiger partial charge in [0.15, 0.2) is 0 Å². The van der Waals surface area contributed by atoms with Crippen molar-refractivity contribution in [3.05, 3.63) is 58.6 Å². The van der Waals surface area contributed by atoms with E-state index >= 15 is 0 Å². The highest BCUT2D eigenvalue weighted by molar-refractivity contribution is 6.32. The Hall–Kier alpha value is -1.75. The first kappa shape index (κ1) is 18.6. The molecule has 0 aliphatic carbocycles. The van der Waals surface area contributed by atoms with Crippen LogP contribution in [-0.2, 0) is 6.54 Å². The first-order valence-corrected chi connectivity index (χ1v) is 9.86. The number of nitrogens with zero attached hydrogens (tertiary/aromatic N) is 2. The third kappa shape index (κ3) is 3.66. The van der Waals surface area contributed by atoms with Crippen LogP contribution in [0.1, 0.15) is 17.2 Å². The van der Waals surface area contributed by atoms with Crippen LogP contribution in [-0.4, -0.2) is 50.7 Å². The van der Waals surface area contributed by atoms with E-state index in [1.54, 1.807) is 14.2 Å². The van der Waals surface area contributed by atoms with Crippen molar-refractivity contribution in [3.63, 3.8) is 0 Å². The Morgan fingerprint density at radius 1 is 1.00 bits per heavy atom. The molecule has 0 bridgehead atoms. The predicted molar refractivity (Wildman–Crippen MR) is 109 cm³/mol. The summed E-state index contributed by atoms with van der Waals surface area (Å²) in [5.41, 5.74) is 2.64. The molecule has 0 N–H and O–H groups in total. The lowest BCUT2D eigenvalue weighted by atomic mass is 9.89. The number of ether oxygens (including phenoxy) is 2. The van der Waals surface area contributed by atoms with E-state index in [-0.39, 0.29) is 0 Å². The molecule has 2 heterocycles. The van der Waals surface area contributed by atoms with E-state index in [4.69, 9.17) is 21.1 Å². The first-order chi connectivity index (χ1) is 13.1. The van der Waals surface area contributed by atoms with Gasteiger partial charge in [-0.2, -0.15) is 0 Å². The summed E-state index contributed by atoms with van der Waals surface area (Å²) in [6.07, 6.45) is 0. The molecule has 0 radical (unpaired) electrons. The Bertz CT molecular complexity index is 795. The number of benzene rings is 2. The van der Waals surface area contributed by atoms with Crippen LogP contribution in [0, 0.1) is 11.8 Å². The van der Waals surface area contributed by atoms with Gasteiger partial charge in [-0.15, -0.1) is 0 Å². The lowest BCUT2D eigenvalue weighted by molar-refractivity contribution is 0.224. The van der Waals surface area contributed by atoms with Gasteiger partial charge in [0.2, 0.25) is 0 Å². The van der Waals surface area contributed by atoms with Crippen LogP contribution in [0.15, 0.2) is 42.5 Å². The maximum atomic E-state index is 6.16. The van der Waals surface area contributed by atoms with Crippen LogP contribution in [0.4, 0.5) is 0 Å². The van der Waals surface area contributed by atoms with Gasteiger partial charge < -0.3 is 9.47 Å². The molecule has 2 saturated heterocycles. The molecular formula is C22H27ClN2O2. The molecule has 2 fully saturated rings. The fraction of sp³-hybridized carbons (Fsp3) is 0.455. The Morgan fingerprint density at radius 2 is 1.78 bits per heavy atom. The fourth-order valence-electron chi connectivity index (χ4n) is 4.84. The minimum atomic E-state index is 0.477. The smallest absolute Gasteiger partial charge is 0.137 e. The standard InChI is InChI=1S/C22H27ClN2O2/c1-24-12-17-13-25(11-15-4-9-20(23)21(10-15)27-3)14-19(17)22(24)16-5-7-18(26-2)8-6-16/h4-10,17,19,22H,11-14H2,1-3H3/t17-,19+,22+/m0/s1. The molecule has 144 valence electrons. The molecule has 2 aromatic rings. The van der Waals surface area contributed by atoms with Crippen molar-refractivity contribution in [1.82, 2.24) is 9.80 Å². The summed E-state index contributed by atoms with van der Waals surface area (Å²) in [7, 11) is 5.63. The average Bonchev–Trinajstić information content (AvgIpc) is 3.19. The Kier molecular flexibility index (Phi) is 5.31. The van der Waals surface area contributed by atoms with Crippen LogP contribution in [0.2, 0.25) is 5.02 Å². The van der Waals surface area contributed by atoms with E-state index in [0.717, 1.165) is 43.6 Å². The maximum absolute atomic E-state index is 6.16. The van der Waals surface area contributed by atoms with E-state index in [0.29, 0.717) is 17.0 Å². The second-order valence-electron chi connectivity index (χ2n) is 7.74. The highest BCUT2D eigenvalue weighted by Gasteiger charge is 2.45. The van der Waals surface area contributed by atoms with Crippen molar-refractivity contribution in [2.24, 2.45) is 11.8 Å². The zero-order valence-corrected chi connectivity index (χ0v) is 16.9. The van der Waals surface area contributed by atoms with Crippen LogP contribution in [0.3, 0.4) is 0 Å². The number of methoxy groups -OCH3 is 2. The Labute approximate surface area is 166 Å². The van der Waals surface area contributed by atoms with Crippen molar-refractivity contribution < 1.29 is 9.47 Å². The van der Waals surface area contributed by atoms with Gasteiger partial charge in [-0.05, 0) is 54.3 Å². The average molecular weight is 387 g/mol. The molecule has 2 aromatic carbocycles. The molecule has 4 rings (SSSR count). The van der Waals surface area contributed by atoms with Gasteiger partial charge in [-0.3, -0.25) is 9.80 Å². The molecule has 3 atom stereocenters. The van der Waals surface area contributed by atoms with Crippen molar-refractivity contribution in [1.29, 1.82) is 0 Å². The number of hydrogen-bond acceptors (Lipinski definition) is 4. The molecule has 2 aliphatic rings. The van der Waals surface area contributed by atoms with Crippen LogP contribution in [0.25, 0.3) is 0 Å². The monoisotopic (exact) mass is 386 g/mol. The SMILES string of the molecule is COc1ccc([C@@H]2[C@@H]3CN(Cc4ccc(Cl)c(OC)c4)C[C@@H]3CN2C)cc1. The number of likely N-dealkylation sites (tertiary alicyclic amines) is 2. The van der Waals surface area contributed by atoms with Crippen molar-refractivity contribution >= 4 is 11.6 Å². The van der Waals surface area contributed by atoms with E-state index in [9.17, 15) is 0 Å². The zero-order chi connectivity index (χ0) is 19.0. The maximum Gasteiger partial charge on any atom is 0.137 e. The number of rotatable bonds is 5. The molecule has 0 unspecified atom stereocenters. The summed E-state index contributed by atoms with van der Waals surface area (Å²) in [5.74, 6) is 3.05. The first-order valence-electron chi connectivity index (χ1n) is 9.48. The van der Waals surface area contributed by atoms with Gasteiger partial charge in [-0.25, -0.2) is 0 Å². The van der Waals surface area contributed by atoms with E-state index in [2.05, 4.69) is 53.2 Å². The lowest BCUT2D eigenvalue weighted by Crippen LogP contribution is -2.28. The Balaban J connectivity index is 1.47. The lowest BCUT2D eigenvalue weighted by Gasteiger charge is -2.27. The normalized spacial score (nSPS) is 25.6. The third-order valence-electron chi connectivity index (χ3n) is 6.05. The van der Waals surface area contributed by atoms with Gasteiger partial charge in [0.25, 0.3) is 0 Å². The van der Waals surface area contributed by atoms with Crippen molar-refractivity contribution in [2.75, 3.05) is 40.9 Å². The summed E-state index contributed by atoms with van der Waals surface area (Å²) in [6.45, 7) is 4.37. The quantitative estimate of drug-likeness (QED) is 0.772. The number of halogens is 1. The highest BCUT2D eigenvalue weighted by atomic mass is 35.5. The second kappa shape index (κ2) is 7.70. The molecule has 5 heteroatoms. The van der Waals surface area contributed by atoms with Gasteiger partial charge in [0, 0.05) is 32.2 Å². The number of hydrogen-bond donors (Lipinski definition) is 0. The molecule has 0 spiro atoms. The summed E-state index contributed by atoms with van der Waals surface area (Å²) >= 11 is 6.16. The third-order valence-corrected chi connectivity index (χ3v) is 6.36. The minimum absolute atomic E-state index is 0.477.